The van der Waals surface area contributed by atoms with Crippen molar-refractivity contribution >= 4 is 59.4 Å². The van der Waals surface area contributed by atoms with Crippen LogP contribution < -0.4 is 0 Å². The van der Waals surface area contributed by atoms with Gasteiger partial charge in [-0.2, -0.15) is 0 Å². The molecule has 0 fully saturated rings. The Morgan fingerprint density at radius 1 is 1.00 bits per heavy atom. The molecule has 0 radical (unpaired) electrons. The first kappa shape index (κ1) is 9.04. The van der Waals surface area contributed by atoms with E-state index in [4.69, 9.17) is 11.6 Å². The summed E-state index contributed by atoms with van der Waals surface area (Å²) in [4.78, 5) is 0. The molecule has 0 heterocycles. The Balaban J connectivity index is 3.31. The van der Waals surface area contributed by atoms with Crippen LogP contribution in [0.25, 0.3) is 0 Å². The third kappa shape index (κ3) is 1.97. The highest BCUT2D eigenvalue weighted by molar-refractivity contribution is 9.11. The largest absolute Gasteiger partial charge is 0.0819 e. The summed E-state index contributed by atoms with van der Waals surface area (Å²) in [6.45, 7) is 0. The topological polar surface area (TPSA) is 0 Å². The van der Waals surface area contributed by atoms with Gasteiger partial charge in [-0.1, -0.05) is 27.5 Å². The summed E-state index contributed by atoms with van der Waals surface area (Å²) in [6, 6.07) is 3.79. The highest BCUT2D eigenvalue weighted by atomic mass is 79.9. The van der Waals surface area contributed by atoms with Gasteiger partial charge in [0.15, 0.2) is 0 Å². The van der Waals surface area contributed by atoms with Crippen molar-refractivity contribution in [1.29, 1.82) is 0 Å². The Bertz CT molecular complexity index is 236. The first-order valence-corrected chi connectivity index (χ1v) is 5.17. The maximum atomic E-state index is 5.84. The van der Waals surface area contributed by atoms with Crippen LogP contribution in [-0.4, -0.2) is 0 Å². The molecule has 0 nitrogen and oxygen atoms in total. The van der Waals surface area contributed by atoms with Crippen LogP contribution in [-0.2, 0) is 0 Å². The molecule has 0 saturated heterocycles. The van der Waals surface area contributed by atoms with Gasteiger partial charge >= 0.3 is 0 Å². The van der Waals surface area contributed by atoms with Crippen LogP contribution in [0.1, 0.15) is 0 Å². The van der Waals surface area contributed by atoms with Crippen molar-refractivity contribution in [1.82, 2.24) is 0 Å². The molecule has 1 rings (SSSR count). The van der Waals surface area contributed by atoms with E-state index in [0.717, 1.165) is 13.4 Å². The molecular formula is C6H2Br3Cl. The lowest BCUT2D eigenvalue weighted by molar-refractivity contribution is 1.56. The minimum absolute atomic E-state index is 0.697. The molecule has 0 N–H and O–H groups in total. The van der Waals surface area contributed by atoms with Crippen LogP contribution in [0.2, 0.25) is 5.02 Å². The van der Waals surface area contributed by atoms with Gasteiger partial charge in [-0.05, 0) is 44.0 Å². The van der Waals surface area contributed by atoms with Gasteiger partial charge in [0.25, 0.3) is 0 Å². The summed E-state index contributed by atoms with van der Waals surface area (Å²) in [7, 11) is 0. The molecule has 0 spiro atoms. The molecule has 0 aliphatic rings. The van der Waals surface area contributed by atoms with Crippen molar-refractivity contribution in [3.05, 3.63) is 30.6 Å². The van der Waals surface area contributed by atoms with Gasteiger partial charge < -0.3 is 0 Å². The maximum Gasteiger partial charge on any atom is 0.0690 e. The second-order valence-electron chi connectivity index (χ2n) is 1.68. The van der Waals surface area contributed by atoms with Crippen molar-refractivity contribution in [3.8, 4) is 0 Å². The van der Waals surface area contributed by atoms with E-state index in [1.807, 2.05) is 12.1 Å². The van der Waals surface area contributed by atoms with Crippen molar-refractivity contribution in [2.24, 2.45) is 0 Å². The molecule has 0 bridgehead atoms. The number of benzene rings is 1. The summed E-state index contributed by atoms with van der Waals surface area (Å²) in [6.07, 6.45) is 0. The predicted octanol–water partition coefficient (Wildman–Crippen LogP) is 4.63. The molecule has 0 saturated carbocycles. The zero-order valence-corrected chi connectivity index (χ0v) is 10.2. The third-order valence-corrected chi connectivity index (χ3v) is 3.52. The van der Waals surface area contributed by atoms with E-state index in [1.54, 1.807) is 0 Å². The average molecular weight is 349 g/mol. The number of halogens is 4. The molecule has 0 unspecified atom stereocenters. The van der Waals surface area contributed by atoms with Crippen LogP contribution in [0.15, 0.2) is 25.6 Å². The Morgan fingerprint density at radius 2 is 1.40 bits per heavy atom. The standard InChI is InChI=1S/C6H2Br3Cl/c7-3-1-4(8)6(10)5(9)2-3/h1-2H. The van der Waals surface area contributed by atoms with E-state index in [0.29, 0.717) is 5.02 Å². The first-order chi connectivity index (χ1) is 4.61. The van der Waals surface area contributed by atoms with E-state index < -0.39 is 0 Å². The lowest BCUT2D eigenvalue weighted by Gasteiger charge is -1.98. The smallest absolute Gasteiger partial charge is 0.0690 e. The molecule has 0 amide bonds. The molecular weight excluding hydrogens is 347 g/mol. The summed E-state index contributed by atoms with van der Waals surface area (Å²) in [5.41, 5.74) is 0. The van der Waals surface area contributed by atoms with Crippen molar-refractivity contribution in [3.63, 3.8) is 0 Å². The Kier molecular flexibility index (Phi) is 3.22. The maximum absolute atomic E-state index is 5.84. The molecule has 54 valence electrons. The van der Waals surface area contributed by atoms with E-state index in [2.05, 4.69) is 47.8 Å². The fraction of sp³-hybridized carbons (Fsp3) is 0. The molecule has 1 aromatic carbocycles. The monoisotopic (exact) mass is 346 g/mol. The molecule has 0 aromatic heterocycles. The number of hydrogen-bond acceptors (Lipinski definition) is 0. The fourth-order valence-corrected chi connectivity index (χ4v) is 2.89. The Morgan fingerprint density at radius 3 is 1.80 bits per heavy atom. The van der Waals surface area contributed by atoms with Crippen LogP contribution >= 0.6 is 59.4 Å². The second-order valence-corrected chi connectivity index (χ2v) is 4.69. The van der Waals surface area contributed by atoms with Gasteiger partial charge in [-0.3, -0.25) is 0 Å². The van der Waals surface area contributed by atoms with E-state index >= 15 is 0 Å². The minimum atomic E-state index is 0.697. The van der Waals surface area contributed by atoms with Gasteiger partial charge in [0.1, 0.15) is 0 Å². The quantitative estimate of drug-likeness (QED) is 0.473. The van der Waals surface area contributed by atoms with Crippen molar-refractivity contribution in [2.75, 3.05) is 0 Å². The first-order valence-electron chi connectivity index (χ1n) is 2.41. The Labute approximate surface area is 89.3 Å². The summed E-state index contributed by atoms with van der Waals surface area (Å²) >= 11 is 15.8. The van der Waals surface area contributed by atoms with Crippen molar-refractivity contribution < 1.29 is 0 Å². The van der Waals surface area contributed by atoms with Crippen LogP contribution in [0.4, 0.5) is 0 Å². The molecule has 0 aliphatic carbocycles. The minimum Gasteiger partial charge on any atom is -0.0819 e. The molecule has 0 aliphatic heterocycles. The normalized spacial score (nSPS) is 10.0. The van der Waals surface area contributed by atoms with Crippen LogP contribution in [0.3, 0.4) is 0 Å². The average Bonchev–Trinajstić information content (AvgIpc) is 1.82. The van der Waals surface area contributed by atoms with E-state index in [1.165, 1.54) is 0 Å². The van der Waals surface area contributed by atoms with Gasteiger partial charge in [0.05, 0.1) is 5.02 Å². The third-order valence-electron chi connectivity index (χ3n) is 0.949. The highest BCUT2D eigenvalue weighted by Gasteiger charge is 2.02. The van der Waals surface area contributed by atoms with Crippen molar-refractivity contribution in [2.45, 2.75) is 0 Å². The van der Waals surface area contributed by atoms with E-state index in [-0.39, 0.29) is 0 Å². The van der Waals surface area contributed by atoms with Gasteiger partial charge in [-0.15, -0.1) is 0 Å². The SMILES string of the molecule is Clc1c(Br)cc(Br)cc1Br. The van der Waals surface area contributed by atoms with Crippen LogP contribution in [0, 0.1) is 0 Å². The summed E-state index contributed by atoms with van der Waals surface area (Å²) < 4.78 is 2.77. The Hall–Kier alpha value is 0.950. The summed E-state index contributed by atoms with van der Waals surface area (Å²) in [5.74, 6) is 0. The highest BCUT2D eigenvalue weighted by Crippen LogP contribution is 2.33. The molecule has 1 aromatic rings. The molecule has 0 atom stereocenters. The molecule has 4 heteroatoms. The summed E-state index contributed by atoms with van der Waals surface area (Å²) in [5, 5.41) is 0.697. The van der Waals surface area contributed by atoms with E-state index in [9.17, 15) is 0 Å². The number of rotatable bonds is 0. The van der Waals surface area contributed by atoms with Gasteiger partial charge in [-0.25, -0.2) is 0 Å². The molecule has 10 heavy (non-hydrogen) atoms. The van der Waals surface area contributed by atoms with Crippen LogP contribution in [0.5, 0.6) is 0 Å². The predicted molar refractivity (Wildman–Crippen MR) is 54.6 cm³/mol. The zero-order chi connectivity index (χ0) is 7.72. The van der Waals surface area contributed by atoms with Gasteiger partial charge in [0.2, 0.25) is 0 Å². The lowest BCUT2D eigenvalue weighted by atomic mass is 10.4. The second kappa shape index (κ2) is 3.57. The zero-order valence-electron chi connectivity index (χ0n) is 4.67. The van der Waals surface area contributed by atoms with Gasteiger partial charge in [0, 0.05) is 13.4 Å². The fourth-order valence-electron chi connectivity index (χ4n) is 0.525. The lowest BCUT2D eigenvalue weighted by Crippen LogP contribution is -1.72. The number of hydrogen-bond donors (Lipinski definition) is 0.